The van der Waals surface area contributed by atoms with E-state index in [2.05, 4.69) is 17.6 Å². The fourth-order valence-corrected chi connectivity index (χ4v) is 8.36. The molecule has 0 aliphatic carbocycles. The van der Waals surface area contributed by atoms with Crippen molar-refractivity contribution in [2.24, 2.45) is 17.8 Å². The van der Waals surface area contributed by atoms with Crippen LogP contribution in [0.1, 0.15) is 46.1 Å². The van der Waals surface area contributed by atoms with Crippen molar-refractivity contribution >= 4 is 29.5 Å². The molecule has 0 saturated carbocycles. The fourth-order valence-electron chi connectivity index (χ4n) is 5.94. The Hall–Kier alpha value is -2.06. The Balaban J connectivity index is 1.64. The van der Waals surface area contributed by atoms with Crippen LogP contribution >= 0.6 is 11.8 Å². The van der Waals surface area contributed by atoms with Crippen molar-refractivity contribution < 1.29 is 19.5 Å². The highest BCUT2D eigenvalue weighted by Crippen LogP contribution is 2.68. The van der Waals surface area contributed by atoms with Gasteiger partial charge in [0, 0.05) is 30.5 Å². The first-order chi connectivity index (χ1) is 15.6. The van der Waals surface area contributed by atoms with E-state index in [1.807, 2.05) is 51.1 Å². The van der Waals surface area contributed by atoms with Gasteiger partial charge < -0.3 is 20.6 Å². The van der Waals surface area contributed by atoms with Crippen molar-refractivity contribution in [2.45, 2.75) is 68.7 Å². The van der Waals surface area contributed by atoms with Gasteiger partial charge in [0.2, 0.25) is 17.7 Å². The zero-order valence-electron chi connectivity index (χ0n) is 19.8. The fraction of sp³-hybridized carbons (Fsp3) is 0.640. The number of aliphatic hydroxyl groups is 1. The van der Waals surface area contributed by atoms with Crippen molar-refractivity contribution in [3.05, 3.63) is 35.9 Å². The maximum atomic E-state index is 13.8. The maximum Gasteiger partial charge on any atom is 0.244 e. The van der Waals surface area contributed by atoms with Gasteiger partial charge in [-0.25, -0.2) is 0 Å². The highest BCUT2D eigenvalue weighted by Gasteiger charge is 2.75. The Morgan fingerprint density at radius 1 is 1.21 bits per heavy atom. The Kier molecular flexibility index (Phi) is 6.53. The molecule has 180 valence electrons. The summed E-state index contributed by atoms with van der Waals surface area (Å²) >= 11 is 1.67. The van der Waals surface area contributed by atoms with Gasteiger partial charge in [-0.05, 0) is 45.1 Å². The van der Waals surface area contributed by atoms with Crippen molar-refractivity contribution in [2.75, 3.05) is 13.2 Å². The molecule has 3 heterocycles. The Morgan fingerprint density at radius 2 is 1.91 bits per heavy atom. The normalized spacial score (nSPS) is 32.7. The lowest BCUT2D eigenvalue weighted by Crippen LogP contribution is -2.59. The van der Waals surface area contributed by atoms with Crippen LogP contribution in [0.2, 0.25) is 0 Å². The highest BCUT2D eigenvalue weighted by atomic mass is 32.2. The van der Waals surface area contributed by atoms with Crippen LogP contribution in [-0.2, 0) is 20.9 Å². The summed E-state index contributed by atoms with van der Waals surface area (Å²) in [6.07, 6.45) is 1.21. The summed E-state index contributed by atoms with van der Waals surface area (Å²) in [6, 6.07) is 9.09. The van der Waals surface area contributed by atoms with E-state index in [9.17, 15) is 19.5 Å². The molecular formula is C25H35N3O4S. The summed E-state index contributed by atoms with van der Waals surface area (Å²) in [5.74, 6) is -1.25. The lowest BCUT2D eigenvalue weighted by molar-refractivity contribution is -0.140. The van der Waals surface area contributed by atoms with E-state index < -0.39 is 28.2 Å². The molecule has 3 fully saturated rings. The number of benzene rings is 1. The lowest BCUT2D eigenvalue weighted by Gasteiger charge is -2.39. The highest BCUT2D eigenvalue weighted by molar-refractivity contribution is 8.02. The molecule has 8 heteroatoms. The van der Waals surface area contributed by atoms with E-state index in [-0.39, 0.29) is 35.5 Å². The second-order valence-electron chi connectivity index (χ2n) is 10.6. The first-order valence-electron chi connectivity index (χ1n) is 11.8. The zero-order valence-corrected chi connectivity index (χ0v) is 20.7. The van der Waals surface area contributed by atoms with Gasteiger partial charge in [-0.1, -0.05) is 37.3 Å². The molecule has 33 heavy (non-hydrogen) atoms. The third-order valence-electron chi connectivity index (χ3n) is 7.16. The number of carbonyl (C=O) groups is 3. The van der Waals surface area contributed by atoms with Crippen molar-refractivity contribution in [3.63, 3.8) is 0 Å². The molecule has 1 spiro atoms. The number of hydrogen-bond donors (Lipinski definition) is 3. The summed E-state index contributed by atoms with van der Waals surface area (Å²) < 4.78 is -0.624. The minimum Gasteiger partial charge on any atom is -0.396 e. The van der Waals surface area contributed by atoms with E-state index in [4.69, 9.17) is 0 Å². The van der Waals surface area contributed by atoms with E-state index in [0.29, 0.717) is 19.5 Å². The van der Waals surface area contributed by atoms with Gasteiger partial charge in [0.25, 0.3) is 0 Å². The molecule has 3 N–H and O–H groups in total. The van der Waals surface area contributed by atoms with Crippen molar-refractivity contribution in [1.29, 1.82) is 0 Å². The summed E-state index contributed by atoms with van der Waals surface area (Å²) in [6.45, 7) is 8.57. The van der Waals surface area contributed by atoms with E-state index in [1.54, 1.807) is 16.7 Å². The summed E-state index contributed by atoms with van der Waals surface area (Å²) in [4.78, 5) is 42.4. The molecule has 3 aliphatic heterocycles. The third kappa shape index (κ3) is 4.16. The standard InChI is InChI=1S/C25H35N3O4S/c1-15-13-17-18(21(30)26-14-16-9-6-5-7-10-16)19-23(32)28(11-8-12-29)20(25(15,19)33-17)22(31)27-24(2,3)4/h5-7,9-10,15,17-20,29H,8,11-14H2,1-4H3,(H,26,30)(H,27,31)/t15?,17-,18+,19+,20?,25?/m1/s1. The van der Waals surface area contributed by atoms with Crippen LogP contribution in [-0.4, -0.2) is 62.5 Å². The van der Waals surface area contributed by atoms with E-state index in [0.717, 1.165) is 12.0 Å². The molecule has 4 rings (SSSR count). The molecule has 0 radical (unpaired) electrons. The monoisotopic (exact) mass is 473 g/mol. The first-order valence-corrected chi connectivity index (χ1v) is 12.7. The minimum atomic E-state index is -0.641. The van der Waals surface area contributed by atoms with Gasteiger partial charge in [-0.2, -0.15) is 0 Å². The SMILES string of the molecule is CC1C[C@H]2SC13C(C(=O)NC(C)(C)C)N(CCCO)C(=O)[C@@H]3[C@H]2C(=O)NCc1ccccc1. The summed E-state index contributed by atoms with van der Waals surface area (Å²) in [5.41, 5.74) is 0.573. The Morgan fingerprint density at radius 3 is 2.55 bits per heavy atom. The Labute approximate surface area is 200 Å². The number of likely N-dealkylation sites (tertiary alicyclic amines) is 1. The van der Waals surface area contributed by atoms with Gasteiger partial charge in [0.1, 0.15) is 6.04 Å². The Bertz CT molecular complexity index is 918. The molecule has 0 aromatic heterocycles. The predicted octanol–water partition coefficient (Wildman–Crippen LogP) is 1.94. The number of aliphatic hydroxyl groups excluding tert-OH is 1. The van der Waals surface area contributed by atoms with Gasteiger partial charge >= 0.3 is 0 Å². The van der Waals surface area contributed by atoms with Gasteiger partial charge in [0.05, 0.1) is 16.6 Å². The second-order valence-corrected chi connectivity index (χ2v) is 12.2. The molecule has 7 nitrogen and oxygen atoms in total. The molecule has 3 amide bonds. The molecule has 2 bridgehead atoms. The lowest BCUT2D eigenvalue weighted by atomic mass is 9.65. The van der Waals surface area contributed by atoms with E-state index in [1.165, 1.54) is 0 Å². The number of fused-ring (bicyclic) bond motifs is 1. The number of nitrogens with zero attached hydrogens (tertiary/aromatic N) is 1. The molecule has 3 aliphatic rings. The smallest absolute Gasteiger partial charge is 0.244 e. The number of hydrogen-bond acceptors (Lipinski definition) is 5. The van der Waals surface area contributed by atoms with Crippen LogP contribution < -0.4 is 10.6 Å². The average molecular weight is 474 g/mol. The van der Waals surface area contributed by atoms with Crippen LogP contribution in [0.4, 0.5) is 0 Å². The van der Waals surface area contributed by atoms with Gasteiger partial charge in [-0.3, -0.25) is 14.4 Å². The van der Waals surface area contributed by atoms with Crippen molar-refractivity contribution in [1.82, 2.24) is 15.5 Å². The summed E-state index contributed by atoms with van der Waals surface area (Å²) in [7, 11) is 0. The molecule has 1 aromatic carbocycles. The van der Waals surface area contributed by atoms with Crippen LogP contribution in [0.3, 0.4) is 0 Å². The molecule has 6 atom stereocenters. The second kappa shape index (κ2) is 8.95. The zero-order chi connectivity index (χ0) is 24.0. The number of carbonyl (C=O) groups excluding carboxylic acids is 3. The number of nitrogens with one attached hydrogen (secondary N) is 2. The molecular weight excluding hydrogens is 438 g/mol. The largest absolute Gasteiger partial charge is 0.396 e. The average Bonchev–Trinajstić information content (AvgIpc) is 3.33. The topological polar surface area (TPSA) is 98.7 Å². The molecule has 3 unspecified atom stereocenters. The predicted molar refractivity (Wildman–Crippen MR) is 128 cm³/mol. The first kappa shape index (κ1) is 24.1. The van der Waals surface area contributed by atoms with E-state index >= 15 is 0 Å². The molecule has 3 saturated heterocycles. The number of rotatable bonds is 7. The quantitative estimate of drug-likeness (QED) is 0.562. The van der Waals surface area contributed by atoms with Gasteiger partial charge in [-0.15, -0.1) is 11.8 Å². The number of thioether (sulfide) groups is 1. The maximum absolute atomic E-state index is 13.8. The van der Waals surface area contributed by atoms with Crippen LogP contribution in [0, 0.1) is 17.8 Å². The van der Waals surface area contributed by atoms with Crippen molar-refractivity contribution in [3.8, 4) is 0 Å². The van der Waals surface area contributed by atoms with Crippen LogP contribution in [0.25, 0.3) is 0 Å². The van der Waals surface area contributed by atoms with Gasteiger partial charge in [0.15, 0.2) is 0 Å². The minimum absolute atomic E-state index is 0.0228. The van der Waals surface area contributed by atoms with Crippen LogP contribution in [0.15, 0.2) is 30.3 Å². The summed E-state index contributed by atoms with van der Waals surface area (Å²) in [5, 5.41) is 15.6. The number of amides is 3. The third-order valence-corrected chi connectivity index (χ3v) is 9.24. The van der Waals surface area contributed by atoms with Crippen LogP contribution in [0.5, 0.6) is 0 Å². The molecule has 1 aromatic rings.